The Balaban J connectivity index is 2.90. The van der Waals surface area contributed by atoms with Crippen LogP contribution in [0, 0.1) is 11.3 Å². The summed E-state index contributed by atoms with van der Waals surface area (Å²) in [5, 5.41) is 0. The lowest BCUT2D eigenvalue weighted by molar-refractivity contribution is -0.121. The van der Waals surface area contributed by atoms with E-state index in [9.17, 15) is 4.79 Å². The van der Waals surface area contributed by atoms with Gasteiger partial charge in [-0.05, 0) is 43.6 Å². The quantitative estimate of drug-likeness (QED) is 0.510. The second-order valence-electron chi connectivity index (χ2n) is 5.17. The van der Waals surface area contributed by atoms with Crippen LogP contribution < -0.4 is 0 Å². The van der Waals surface area contributed by atoms with E-state index in [1.807, 2.05) is 6.08 Å². The van der Waals surface area contributed by atoms with Crippen LogP contribution in [0.25, 0.3) is 0 Å². The van der Waals surface area contributed by atoms with Gasteiger partial charge in [0.2, 0.25) is 0 Å². The maximum Gasteiger partial charge on any atom is 0.163 e. The van der Waals surface area contributed by atoms with Gasteiger partial charge in [0.1, 0.15) is 0 Å². The van der Waals surface area contributed by atoms with E-state index in [0.29, 0.717) is 0 Å². The van der Waals surface area contributed by atoms with Crippen molar-refractivity contribution in [3.8, 4) is 0 Å². The van der Waals surface area contributed by atoms with Gasteiger partial charge in [0.15, 0.2) is 5.78 Å². The third-order valence-electron chi connectivity index (χ3n) is 3.96. The number of allylic oxidation sites excluding steroid dienone is 3. The van der Waals surface area contributed by atoms with E-state index in [-0.39, 0.29) is 17.1 Å². The Morgan fingerprint density at radius 2 is 2.25 bits per heavy atom. The van der Waals surface area contributed by atoms with E-state index < -0.39 is 0 Å². The highest BCUT2D eigenvalue weighted by molar-refractivity contribution is 5.94. The highest BCUT2D eigenvalue weighted by atomic mass is 16.1. The van der Waals surface area contributed by atoms with Crippen LogP contribution in [0.2, 0.25) is 0 Å². The first kappa shape index (κ1) is 13.2. The summed E-state index contributed by atoms with van der Waals surface area (Å²) in [4.78, 5) is 12.2. The molecule has 0 aliphatic heterocycles. The molecule has 0 aromatic rings. The lowest BCUT2D eigenvalue weighted by Gasteiger charge is -2.41. The summed E-state index contributed by atoms with van der Waals surface area (Å²) in [6, 6.07) is 0. The maximum absolute atomic E-state index is 12.2. The van der Waals surface area contributed by atoms with Crippen LogP contribution in [0.5, 0.6) is 0 Å². The van der Waals surface area contributed by atoms with Gasteiger partial charge >= 0.3 is 0 Å². The predicted molar refractivity (Wildman–Crippen MR) is 69.3 cm³/mol. The molecule has 0 heterocycles. The molecular formula is C15H24O. The summed E-state index contributed by atoms with van der Waals surface area (Å²) in [5.41, 5.74) is 1.27. The Hall–Kier alpha value is -0.850. The lowest BCUT2D eigenvalue weighted by atomic mass is 9.62. The number of hydrogen-bond donors (Lipinski definition) is 0. The molecule has 0 aromatic carbocycles. The van der Waals surface area contributed by atoms with Gasteiger partial charge < -0.3 is 0 Å². The Labute approximate surface area is 99.6 Å². The molecule has 1 fully saturated rings. The SMILES string of the molecule is C=C1CCCC(C)(CC)C1C(=O)/C=C/CC. The van der Waals surface area contributed by atoms with Crippen LogP contribution in [-0.4, -0.2) is 5.78 Å². The van der Waals surface area contributed by atoms with Crippen LogP contribution >= 0.6 is 0 Å². The molecule has 1 rings (SSSR count). The van der Waals surface area contributed by atoms with Crippen molar-refractivity contribution < 1.29 is 4.79 Å². The van der Waals surface area contributed by atoms with Crippen molar-refractivity contribution >= 4 is 5.78 Å². The standard InChI is InChI=1S/C15H24O/c1-5-7-10-13(16)14-12(3)9-8-11-15(14,4)6-2/h7,10,14H,3,5-6,8-9,11H2,1-2,4H3/b10-7+. The summed E-state index contributed by atoms with van der Waals surface area (Å²) in [6.45, 7) is 10.6. The topological polar surface area (TPSA) is 17.1 Å². The van der Waals surface area contributed by atoms with E-state index in [0.717, 1.165) is 31.3 Å². The van der Waals surface area contributed by atoms with Crippen molar-refractivity contribution in [3.05, 3.63) is 24.3 Å². The van der Waals surface area contributed by atoms with E-state index in [4.69, 9.17) is 0 Å². The minimum Gasteiger partial charge on any atom is -0.294 e. The molecule has 0 spiro atoms. The fraction of sp³-hybridized carbons (Fsp3) is 0.667. The van der Waals surface area contributed by atoms with Crippen LogP contribution in [-0.2, 0) is 4.79 Å². The maximum atomic E-state index is 12.2. The van der Waals surface area contributed by atoms with Crippen molar-refractivity contribution in [2.45, 2.75) is 52.9 Å². The van der Waals surface area contributed by atoms with E-state index in [1.54, 1.807) is 6.08 Å². The molecule has 1 heteroatoms. The molecule has 2 atom stereocenters. The summed E-state index contributed by atoms with van der Waals surface area (Å²) in [6.07, 6.45) is 9.06. The van der Waals surface area contributed by atoms with Gasteiger partial charge in [0.05, 0.1) is 0 Å². The average Bonchev–Trinajstić information content (AvgIpc) is 2.26. The normalized spacial score (nSPS) is 30.9. The molecular weight excluding hydrogens is 196 g/mol. The number of hydrogen-bond acceptors (Lipinski definition) is 1. The Morgan fingerprint density at radius 1 is 1.56 bits per heavy atom. The van der Waals surface area contributed by atoms with Gasteiger partial charge in [-0.15, -0.1) is 0 Å². The third kappa shape index (κ3) is 2.63. The average molecular weight is 220 g/mol. The monoisotopic (exact) mass is 220 g/mol. The molecule has 1 saturated carbocycles. The number of ketones is 1. The zero-order valence-corrected chi connectivity index (χ0v) is 10.9. The van der Waals surface area contributed by atoms with Crippen molar-refractivity contribution in [2.24, 2.45) is 11.3 Å². The molecule has 0 radical (unpaired) electrons. The molecule has 16 heavy (non-hydrogen) atoms. The summed E-state index contributed by atoms with van der Waals surface area (Å²) in [5.74, 6) is 0.310. The number of carbonyl (C=O) groups is 1. The van der Waals surface area contributed by atoms with Crippen LogP contribution in [0.4, 0.5) is 0 Å². The molecule has 0 N–H and O–H groups in total. The Morgan fingerprint density at radius 3 is 2.81 bits per heavy atom. The smallest absolute Gasteiger partial charge is 0.163 e. The van der Waals surface area contributed by atoms with Crippen LogP contribution in [0.15, 0.2) is 24.3 Å². The highest BCUT2D eigenvalue weighted by Gasteiger charge is 2.40. The molecule has 0 amide bonds. The first-order valence-electron chi connectivity index (χ1n) is 6.43. The first-order valence-corrected chi connectivity index (χ1v) is 6.43. The molecule has 0 aromatic heterocycles. The van der Waals surface area contributed by atoms with Crippen molar-refractivity contribution in [1.82, 2.24) is 0 Å². The highest BCUT2D eigenvalue weighted by Crippen LogP contribution is 2.46. The van der Waals surface area contributed by atoms with E-state index in [2.05, 4.69) is 27.4 Å². The lowest BCUT2D eigenvalue weighted by Crippen LogP contribution is -2.36. The fourth-order valence-electron chi connectivity index (χ4n) is 2.76. The van der Waals surface area contributed by atoms with Crippen LogP contribution in [0.1, 0.15) is 52.9 Å². The van der Waals surface area contributed by atoms with Crippen molar-refractivity contribution in [2.75, 3.05) is 0 Å². The fourth-order valence-corrected chi connectivity index (χ4v) is 2.76. The summed E-state index contributed by atoms with van der Waals surface area (Å²) >= 11 is 0. The first-order chi connectivity index (χ1) is 7.55. The Kier molecular flexibility index (Phi) is 4.52. The molecule has 2 unspecified atom stereocenters. The molecule has 0 saturated heterocycles. The van der Waals surface area contributed by atoms with Gasteiger partial charge in [-0.1, -0.05) is 39.0 Å². The van der Waals surface area contributed by atoms with Gasteiger partial charge in [0, 0.05) is 5.92 Å². The summed E-state index contributed by atoms with van der Waals surface area (Å²) < 4.78 is 0. The largest absolute Gasteiger partial charge is 0.294 e. The second kappa shape index (κ2) is 5.47. The third-order valence-corrected chi connectivity index (χ3v) is 3.96. The predicted octanol–water partition coefficient (Wildman–Crippen LogP) is 4.29. The van der Waals surface area contributed by atoms with Crippen LogP contribution in [0.3, 0.4) is 0 Å². The minimum absolute atomic E-state index is 0.0500. The van der Waals surface area contributed by atoms with Gasteiger partial charge in [0.25, 0.3) is 0 Å². The number of rotatable bonds is 4. The zero-order chi connectivity index (χ0) is 12.2. The van der Waals surface area contributed by atoms with E-state index >= 15 is 0 Å². The Bertz CT molecular complexity index is 301. The minimum atomic E-state index is 0.0500. The van der Waals surface area contributed by atoms with Gasteiger partial charge in [-0.3, -0.25) is 4.79 Å². The van der Waals surface area contributed by atoms with Crippen molar-refractivity contribution in [3.63, 3.8) is 0 Å². The van der Waals surface area contributed by atoms with Crippen molar-refractivity contribution in [1.29, 1.82) is 0 Å². The zero-order valence-electron chi connectivity index (χ0n) is 10.9. The van der Waals surface area contributed by atoms with Gasteiger partial charge in [-0.2, -0.15) is 0 Å². The second-order valence-corrected chi connectivity index (χ2v) is 5.17. The van der Waals surface area contributed by atoms with E-state index in [1.165, 1.54) is 6.42 Å². The van der Waals surface area contributed by atoms with Gasteiger partial charge in [-0.25, -0.2) is 0 Å². The molecule has 1 nitrogen and oxygen atoms in total. The summed E-state index contributed by atoms with van der Waals surface area (Å²) in [7, 11) is 0. The molecule has 1 aliphatic rings. The molecule has 0 bridgehead atoms. The number of carbonyl (C=O) groups excluding carboxylic acids is 1. The molecule has 90 valence electrons. The molecule has 1 aliphatic carbocycles.